The molecule has 1 aromatic carbocycles. The Morgan fingerprint density at radius 2 is 1.86 bits per heavy atom. The van der Waals surface area contributed by atoms with E-state index >= 15 is 0 Å². The van der Waals surface area contributed by atoms with Crippen molar-refractivity contribution in [2.45, 2.75) is 26.7 Å². The molecule has 22 heavy (non-hydrogen) atoms. The number of carbonyl (C=O) groups is 2. The number of hydrogen-bond donors (Lipinski definition) is 2. The Bertz CT molecular complexity index is 533. The van der Waals surface area contributed by atoms with Crippen LogP contribution < -0.4 is 10.6 Å². The summed E-state index contributed by atoms with van der Waals surface area (Å²) in [5, 5.41) is 6.04. The fourth-order valence-electron chi connectivity index (χ4n) is 2.33. The minimum atomic E-state index is -0.171. The summed E-state index contributed by atoms with van der Waals surface area (Å²) < 4.78 is 0. The maximum absolute atomic E-state index is 12.1. The average Bonchev–Trinajstić information content (AvgIpc) is 3.27. The number of nitrogens with one attached hydrogen (secondary N) is 2. The van der Waals surface area contributed by atoms with Crippen LogP contribution >= 0.6 is 0 Å². The summed E-state index contributed by atoms with van der Waals surface area (Å²) in [6.07, 6.45) is 2.52. The van der Waals surface area contributed by atoms with Crippen molar-refractivity contribution in [3.8, 4) is 0 Å². The summed E-state index contributed by atoms with van der Waals surface area (Å²) in [6, 6.07) is 5.88. The molecule has 0 unspecified atom stereocenters. The minimum absolute atomic E-state index is 0.0581. The quantitative estimate of drug-likeness (QED) is 0.806. The largest absolute Gasteiger partial charge is 0.335 e. The molecule has 0 aromatic heterocycles. The van der Waals surface area contributed by atoms with Gasteiger partial charge in [0.05, 0.1) is 13.1 Å². The molecule has 0 aliphatic heterocycles. The van der Waals surface area contributed by atoms with Crippen molar-refractivity contribution in [3.63, 3.8) is 0 Å². The molecule has 0 spiro atoms. The van der Waals surface area contributed by atoms with Crippen LogP contribution in [0.4, 0.5) is 5.69 Å². The van der Waals surface area contributed by atoms with Crippen molar-refractivity contribution in [2.24, 2.45) is 5.92 Å². The summed E-state index contributed by atoms with van der Waals surface area (Å²) in [6.45, 7) is 5.17. The fourth-order valence-corrected chi connectivity index (χ4v) is 2.33. The maximum atomic E-state index is 12.1. The first kappa shape index (κ1) is 16.5. The van der Waals surface area contributed by atoms with Gasteiger partial charge in [-0.15, -0.1) is 0 Å². The number of anilines is 1. The maximum Gasteiger partial charge on any atom is 0.243 e. The Morgan fingerprint density at radius 3 is 2.45 bits per heavy atom. The second-order valence-corrected chi connectivity index (χ2v) is 6.14. The number of likely N-dealkylation sites (N-methyl/N-ethyl adjacent to an activating group) is 1. The highest BCUT2D eigenvalue weighted by molar-refractivity contribution is 5.95. The minimum Gasteiger partial charge on any atom is -0.335 e. The van der Waals surface area contributed by atoms with E-state index in [1.807, 2.05) is 32.0 Å². The second-order valence-electron chi connectivity index (χ2n) is 6.14. The molecule has 1 fully saturated rings. The van der Waals surface area contributed by atoms with Gasteiger partial charge in [-0.25, -0.2) is 0 Å². The molecule has 1 aliphatic rings. The lowest BCUT2D eigenvalue weighted by Crippen LogP contribution is -2.40. The van der Waals surface area contributed by atoms with Gasteiger partial charge in [-0.1, -0.05) is 18.2 Å². The van der Waals surface area contributed by atoms with Crippen LogP contribution in [0.25, 0.3) is 0 Å². The highest BCUT2D eigenvalue weighted by Crippen LogP contribution is 2.27. The molecule has 2 rings (SSSR count). The second kappa shape index (κ2) is 7.40. The molecule has 5 nitrogen and oxygen atoms in total. The molecule has 0 heterocycles. The predicted octanol–water partition coefficient (Wildman–Crippen LogP) is 1.70. The summed E-state index contributed by atoms with van der Waals surface area (Å²) >= 11 is 0. The number of benzene rings is 1. The first-order valence-corrected chi connectivity index (χ1v) is 7.78. The lowest BCUT2D eigenvalue weighted by Gasteiger charge is -2.18. The number of para-hydroxylation sites is 1. The summed E-state index contributed by atoms with van der Waals surface area (Å²) in [4.78, 5) is 25.5. The van der Waals surface area contributed by atoms with Crippen LogP contribution in [-0.2, 0) is 9.59 Å². The Balaban J connectivity index is 1.78. The van der Waals surface area contributed by atoms with E-state index < -0.39 is 0 Å². The lowest BCUT2D eigenvalue weighted by atomic mass is 10.1. The Labute approximate surface area is 132 Å². The van der Waals surface area contributed by atoms with Crippen molar-refractivity contribution in [3.05, 3.63) is 29.3 Å². The van der Waals surface area contributed by atoms with Crippen molar-refractivity contribution in [1.29, 1.82) is 0 Å². The van der Waals surface area contributed by atoms with E-state index in [9.17, 15) is 9.59 Å². The molecule has 1 saturated carbocycles. The highest BCUT2D eigenvalue weighted by Gasteiger charge is 2.21. The number of hydrogen-bond acceptors (Lipinski definition) is 3. The van der Waals surface area contributed by atoms with Gasteiger partial charge in [0.2, 0.25) is 11.8 Å². The number of aryl methyl sites for hydroxylation is 2. The normalized spacial score (nSPS) is 13.8. The molecule has 2 N–H and O–H groups in total. The van der Waals surface area contributed by atoms with Gasteiger partial charge in [-0.05, 0) is 50.3 Å². The van der Waals surface area contributed by atoms with Gasteiger partial charge in [0, 0.05) is 12.7 Å². The van der Waals surface area contributed by atoms with E-state index in [1.54, 1.807) is 7.05 Å². The average molecular weight is 303 g/mol. The molecule has 120 valence electrons. The van der Waals surface area contributed by atoms with Gasteiger partial charge in [-0.3, -0.25) is 9.59 Å². The first-order valence-electron chi connectivity index (χ1n) is 7.78. The van der Waals surface area contributed by atoms with Crippen LogP contribution in [0.1, 0.15) is 24.0 Å². The number of rotatable bonds is 7. The molecule has 0 radical (unpaired) electrons. The van der Waals surface area contributed by atoms with E-state index in [-0.39, 0.29) is 18.4 Å². The zero-order valence-electron chi connectivity index (χ0n) is 13.6. The third-order valence-corrected chi connectivity index (χ3v) is 3.96. The predicted molar refractivity (Wildman–Crippen MR) is 87.8 cm³/mol. The third-order valence-electron chi connectivity index (χ3n) is 3.96. The van der Waals surface area contributed by atoms with Crippen LogP contribution in [0.3, 0.4) is 0 Å². The third kappa shape index (κ3) is 4.84. The molecule has 0 atom stereocenters. The van der Waals surface area contributed by atoms with Crippen LogP contribution in [0.15, 0.2) is 18.2 Å². The SMILES string of the molecule is Cc1cccc(C)c1NC(=O)CN(C)C(=O)CNCC1CC1. The van der Waals surface area contributed by atoms with Crippen molar-refractivity contribution in [2.75, 3.05) is 32.0 Å². The Hall–Kier alpha value is -1.88. The van der Waals surface area contributed by atoms with E-state index in [2.05, 4.69) is 10.6 Å². The van der Waals surface area contributed by atoms with E-state index in [0.29, 0.717) is 6.54 Å². The van der Waals surface area contributed by atoms with Gasteiger partial charge >= 0.3 is 0 Å². The fraction of sp³-hybridized carbons (Fsp3) is 0.529. The van der Waals surface area contributed by atoms with Gasteiger partial charge in [0.15, 0.2) is 0 Å². The van der Waals surface area contributed by atoms with E-state index in [4.69, 9.17) is 0 Å². The zero-order chi connectivity index (χ0) is 16.1. The van der Waals surface area contributed by atoms with Crippen LogP contribution in [0.2, 0.25) is 0 Å². The van der Waals surface area contributed by atoms with Crippen molar-refractivity contribution < 1.29 is 9.59 Å². The molecule has 0 bridgehead atoms. The van der Waals surface area contributed by atoms with Crippen LogP contribution in [0, 0.1) is 19.8 Å². The Morgan fingerprint density at radius 1 is 1.23 bits per heavy atom. The van der Waals surface area contributed by atoms with Crippen molar-refractivity contribution >= 4 is 17.5 Å². The van der Waals surface area contributed by atoms with Crippen LogP contribution in [-0.4, -0.2) is 43.4 Å². The number of carbonyl (C=O) groups excluding carboxylic acids is 2. The monoisotopic (exact) mass is 303 g/mol. The van der Waals surface area contributed by atoms with Gasteiger partial charge < -0.3 is 15.5 Å². The lowest BCUT2D eigenvalue weighted by molar-refractivity contribution is -0.132. The standard InChI is InChI=1S/C17H25N3O2/c1-12-5-4-6-13(2)17(12)19-15(21)11-20(3)16(22)10-18-9-14-7-8-14/h4-6,14,18H,7-11H2,1-3H3,(H,19,21). The highest BCUT2D eigenvalue weighted by atomic mass is 16.2. The zero-order valence-corrected chi connectivity index (χ0v) is 13.6. The molecule has 2 amide bonds. The number of amides is 2. The molecule has 0 saturated heterocycles. The van der Waals surface area contributed by atoms with E-state index in [1.165, 1.54) is 17.7 Å². The first-order chi connectivity index (χ1) is 10.5. The smallest absolute Gasteiger partial charge is 0.243 e. The topological polar surface area (TPSA) is 61.4 Å². The van der Waals surface area contributed by atoms with Crippen molar-refractivity contribution in [1.82, 2.24) is 10.2 Å². The molecule has 1 aliphatic carbocycles. The van der Waals surface area contributed by atoms with Gasteiger partial charge in [-0.2, -0.15) is 0 Å². The van der Waals surface area contributed by atoms with E-state index in [0.717, 1.165) is 29.3 Å². The molecular weight excluding hydrogens is 278 g/mol. The number of nitrogens with zero attached hydrogens (tertiary/aromatic N) is 1. The summed E-state index contributed by atoms with van der Waals surface area (Å²) in [7, 11) is 1.66. The van der Waals surface area contributed by atoms with Crippen LogP contribution in [0.5, 0.6) is 0 Å². The van der Waals surface area contributed by atoms with Gasteiger partial charge in [0.1, 0.15) is 0 Å². The molecule has 1 aromatic rings. The molecule has 5 heteroatoms. The van der Waals surface area contributed by atoms with Gasteiger partial charge in [0.25, 0.3) is 0 Å². The molecular formula is C17H25N3O2. The summed E-state index contributed by atoms with van der Waals surface area (Å²) in [5.74, 6) is 0.512. The Kier molecular flexibility index (Phi) is 5.55. The summed E-state index contributed by atoms with van der Waals surface area (Å²) in [5.41, 5.74) is 2.88.